The lowest BCUT2D eigenvalue weighted by atomic mass is 10.0. The number of rotatable bonds is 10. The summed E-state index contributed by atoms with van der Waals surface area (Å²) < 4.78 is 18.5. The molecule has 1 aliphatic rings. The Morgan fingerprint density at radius 1 is 1.14 bits per heavy atom. The summed E-state index contributed by atoms with van der Waals surface area (Å²) in [5.74, 6) is 0. The van der Waals surface area contributed by atoms with Crippen LogP contribution in [-0.2, 0) is 14.2 Å². The summed E-state index contributed by atoms with van der Waals surface area (Å²) in [7, 11) is 0. The quantitative estimate of drug-likeness (QED) is 0.550. The first kappa shape index (κ1) is 21.7. The summed E-state index contributed by atoms with van der Waals surface area (Å²) >= 11 is 0. The Balaban J connectivity index is 1.65. The van der Waals surface area contributed by atoms with E-state index in [2.05, 4.69) is 18.7 Å². The molecule has 0 radical (unpaired) electrons. The summed E-state index contributed by atoms with van der Waals surface area (Å²) in [5, 5.41) is 9.60. The second-order valence-electron chi connectivity index (χ2n) is 7.73. The van der Waals surface area contributed by atoms with Crippen LogP contribution in [0.15, 0.2) is 72.8 Å². The number of benzene rings is 2. The minimum Gasteiger partial charge on any atom is -0.396 e. The Labute approximate surface area is 174 Å². The van der Waals surface area contributed by atoms with Crippen molar-refractivity contribution in [3.8, 4) is 0 Å². The van der Waals surface area contributed by atoms with Gasteiger partial charge in [0.15, 0.2) is 6.29 Å². The Bertz CT molecular complexity index is 731. The summed E-state index contributed by atoms with van der Waals surface area (Å²) in [5.41, 5.74) is 3.24. The molecule has 1 heterocycles. The van der Waals surface area contributed by atoms with Crippen LogP contribution in [0.5, 0.6) is 0 Å². The van der Waals surface area contributed by atoms with Gasteiger partial charge in [-0.05, 0) is 31.7 Å². The fourth-order valence-electron chi connectivity index (χ4n) is 3.69. The van der Waals surface area contributed by atoms with Crippen LogP contribution in [-0.4, -0.2) is 30.5 Å². The fourth-order valence-corrected chi connectivity index (χ4v) is 3.69. The van der Waals surface area contributed by atoms with Crippen molar-refractivity contribution in [1.82, 2.24) is 0 Å². The third kappa shape index (κ3) is 6.79. The van der Waals surface area contributed by atoms with E-state index in [4.69, 9.17) is 14.2 Å². The van der Waals surface area contributed by atoms with E-state index in [1.807, 2.05) is 55.5 Å². The number of aliphatic hydroxyl groups excluding tert-OH is 1. The molecule has 29 heavy (non-hydrogen) atoms. The lowest BCUT2D eigenvalue weighted by molar-refractivity contribution is -0.225. The van der Waals surface area contributed by atoms with Crippen LogP contribution in [0.1, 0.15) is 56.1 Å². The maximum atomic E-state index is 9.60. The van der Waals surface area contributed by atoms with Crippen LogP contribution < -0.4 is 0 Å². The molecule has 2 aromatic rings. The van der Waals surface area contributed by atoms with Crippen LogP contribution in [0.4, 0.5) is 0 Å². The average Bonchev–Trinajstić information content (AvgIpc) is 2.74. The highest BCUT2D eigenvalue weighted by Gasteiger charge is 2.28. The van der Waals surface area contributed by atoms with Crippen LogP contribution in [0.2, 0.25) is 0 Å². The minimum atomic E-state index is -0.343. The van der Waals surface area contributed by atoms with Gasteiger partial charge in [0, 0.05) is 18.6 Å². The van der Waals surface area contributed by atoms with E-state index in [0.29, 0.717) is 13.0 Å². The molecule has 4 nitrogen and oxygen atoms in total. The summed E-state index contributed by atoms with van der Waals surface area (Å²) in [6.07, 6.45) is 2.41. The smallest absolute Gasteiger partial charge is 0.184 e. The fraction of sp³-hybridized carbons (Fsp3) is 0.440. The van der Waals surface area contributed by atoms with E-state index in [1.165, 1.54) is 0 Å². The van der Waals surface area contributed by atoms with Crippen molar-refractivity contribution in [3.05, 3.63) is 83.9 Å². The molecule has 0 bridgehead atoms. The number of ether oxygens (including phenoxy) is 3. The Morgan fingerprint density at radius 3 is 2.48 bits per heavy atom. The van der Waals surface area contributed by atoms with Crippen LogP contribution in [0, 0.1) is 0 Å². The first-order valence-electron chi connectivity index (χ1n) is 10.4. The van der Waals surface area contributed by atoms with E-state index >= 15 is 0 Å². The monoisotopic (exact) mass is 396 g/mol. The zero-order valence-corrected chi connectivity index (χ0v) is 17.2. The van der Waals surface area contributed by atoms with Crippen molar-refractivity contribution >= 4 is 0 Å². The van der Waals surface area contributed by atoms with Gasteiger partial charge in [-0.25, -0.2) is 0 Å². The molecule has 0 spiro atoms. The average molecular weight is 397 g/mol. The maximum Gasteiger partial charge on any atom is 0.184 e. The van der Waals surface area contributed by atoms with Gasteiger partial charge in [-0.2, -0.15) is 0 Å². The molecule has 0 aliphatic carbocycles. The third-order valence-electron chi connectivity index (χ3n) is 5.14. The minimum absolute atomic E-state index is 0.0340. The van der Waals surface area contributed by atoms with Crippen molar-refractivity contribution in [1.29, 1.82) is 0 Å². The zero-order valence-electron chi connectivity index (χ0n) is 17.2. The molecule has 1 saturated heterocycles. The molecule has 0 amide bonds. The second-order valence-corrected chi connectivity index (χ2v) is 7.73. The van der Waals surface area contributed by atoms with Gasteiger partial charge in [0.1, 0.15) is 0 Å². The van der Waals surface area contributed by atoms with Crippen molar-refractivity contribution < 1.29 is 19.3 Å². The van der Waals surface area contributed by atoms with Gasteiger partial charge in [0.2, 0.25) is 0 Å². The van der Waals surface area contributed by atoms with E-state index in [0.717, 1.165) is 36.0 Å². The molecule has 3 rings (SSSR count). The molecule has 0 saturated carbocycles. The molecule has 4 heteroatoms. The van der Waals surface area contributed by atoms with Gasteiger partial charge in [0.05, 0.1) is 24.9 Å². The topological polar surface area (TPSA) is 47.9 Å². The molecule has 1 aliphatic heterocycles. The second kappa shape index (κ2) is 11.3. The summed E-state index contributed by atoms with van der Waals surface area (Å²) in [6.45, 7) is 6.83. The molecular weight excluding hydrogens is 364 g/mol. The Kier molecular flexibility index (Phi) is 8.44. The predicted molar refractivity (Wildman–Crippen MR) is 114 cm³/mol. The van der Waals surface area contributed by atoms with Crippen molar-refractivity contribution in [2.24, 2.45) is 0 Å². The molecule has 0 aromatic heterocycles. The standard InChI is InChI=1S/C25H32O4/c1-19(2)17-24(20-9-5-3-6-10-20)28-22(13-15-26)18-23-14-16-27-25(29-23)21-11-7-4-8-12-21/h3-12,22-26H,1,13-18H2,2H3/t22-,23+,24-,25+/m0/s1. The highest BCUT2D eigenvalue weighted by molar-refractivity contribution is 5.19. The third-order valence-corrected chi connectivity index (χ3v) is 5.14. The highest BCUT2D eigenvalue weighted by atomic mass is 16.7. The van der Waals surface area contributed by atoms with Crippen molar-refractivity contribution in [3.63, 3.8) is 0 Å². The van der Waals surface area contributed by atoms with E-state index < -0.39 is 0 Å². The molecule has 2 aromatic carbocycles. The van der Waals surface area contributed by atoms with Gasteiger partial charge in [-0.15, -0.1) is 6.58 Å². The van der Waals surface area contributed by atoms with Crippen molar-refractivity contribution in [2.45, 2.75) is 57.2 Å². The van der Waals surface area contributed by atoms with Gasteiger partial charge < -0.3 is 19.3 Å². The number of hydrogen-bond acceptors (Lipinski definition) is 4. The van der Waals surface area contributed by atoms with Crippen LogP contribution >= 0.6 is 0 Å². The molecule has 4 atom stereocenters. The lowest BCUT2D eigenvalue weighted by Crippen LogP contribution is -2.32. The molecular formula is C25H32O4. The van der Waals surface area contributed by atoms with Crippen LogP contribution in [0.25, 0.3) is 0 Å². The van der Waals surface area contributed by atoms with Gasteiger partial charge >= 0.3 is 0 Å². The van der Waals surface area contributed by atoms with E-state index in [9.17, 15) is 5.11 Å². The van der Waals surface area contributed by atoms with Gasteiger partial charge in [0.25, 0.3) is 0 Å². The molecule has 1 N–H and O–H groups in total. The summed E-state index contributed by atoms with van der Waals surface area (Å²) in [4.78, 5) is 0. The zero-order chi connectivity index (χ0) is 20.5. The van der Waals surface area contributed by atoms with E-state index in [1.54, 1.807) is 0 Å². The number of aliphatic hydroxyl groups is 1. The SMILES string of the molecule is C=C(C)C[C@H](O[C@@H](CCO)C[C@H]1CCO[C@@H](c2ccccc2)O1)c1ccccc1. The molecule has 0 unspecified atom stereocenters. The highest BCUT2D eigenvalue weighted by Crippen LogP contribution is 2.32. The van der Waals surface area contributed by atoms with Gasteiger partial charge in [-0.1, -0.05) is 66.2 Å². The molecule has 1 fully saturated rings. The lowest BCUT2D eigenvalue weighted by Gasteiger charge is -2.33. The largest absolute Gasteiger partial charge is 0.396 e. The Morgan fingerprint density at radius 2 is 1.83 bits per heavy atom. The number of hydrogen-bond donors (Lipinski definition) is 1. The van der Waals surface area contributed by atoms with E-state index in [-0.39, 0.29) is 31.2 Å². The predicted octanol–water partition coefficient (Wildman–Crippen LogP) is 5.36. The Hall–Kier alpha value is -1.98. The van der Waals surface area contributed by atoms with Crippen molar-refractivity contribution in [2.75, 3.05) is 13.2 Å². The van der Waals surface area contributed by atoms with Crippen LogP contribution in [0.3, 0.4) is 0 Å². The first-order valence-corrected chi connectivity index (χ1v) is 10.4. The molecule has 156 valence electrons. The normalized spacial score (nSPS) is 21.4. The summed E-state index contributed by atoms with van der Waals surface area (Å²) in [6, 6.07) is 20.2. The van der Waals surface area contributed by atoms with Gasteiger partial charge in [-0.3, -0.25) is 0 Å². The first-order chi connectivity index (χ1) is 14.2. The maximum absolute atomic E-state index is 9.60.